The third-order valence-corrected chi connectivity index (χ3v) is 6.29. The van der Waals surface area contributed by atoms with E-state index in [0.717, 1.165) is 42.7 Å². The number of rotatable bonds is 5. The maximum atomic E-state index is 13.7. The van der Waals surface area contributed by atoms with Crippen molar-refractivity contribution in [3.8, 4) is 5.69 Å². The summed E-state index contributed by atoms with van der Waals surface area (Å²) >= 11 is 0. The summed E-state index contributed by atoms with van der Waals surface area (Å²) in [5.74, 6) is 0.410. The number of nitrogens with one attached hydrogen (secondary N) is 1. The van der Waals surface area contributed by atoms with Gasteiger partial charge in [0, 0.05) is 31.0 Å². The van der Waals surface area contributed by atoms with Crippen molar-refractivity contribution >= 4 is 22.8 Å². The standard InChI is InChI=1S/C27H27N5O2/c1-18-7-5-9-22(15-18)32-26(34)23-11-10-20(16-24(23)30-27(32)31-13-3-4-14-31)25(33)29-19(2)21-8-6-12-28-17-21/h5-12,15-17,19H,3-4,13-14H2,1-2H3,(H,29,33)/t19-/m0/s1. The molecule has 1 N–H and O–H groups in total. The van der Waals surface area contributed by atoms with E-state index in [-0.39, 0.29) is 17.5 Å². The first-order chi connectivity index (χ1) is 16.5. The van der Waals surface area contributed by atoms with E-state index < -0.39 is 0 Å². The first-order valence-corrected chi connectivity index (χ1v) is 11.6. The number of benzene rings is 2. The number of pyridine rings is 1. The summed E-state index contributed by atoms with van der Waals surface area (Å²) in [5.41, 5.74) is 3.66. The summed E-state index contributed by atoms with van der Waals surface area (Å²) < 4.78 is 1.70. The van der Waals surface area contributed by atoms with Crippen molar-refractivity contribution in [3.63, 3.8) is 0 Å². The third kappa shape index (κ3) is 4.17. The molecule has 0 saturated carbocycles. The zero-order valence-electron chi connectivity index (χ0n) is 19.4. The molecule has 7 nitrogen and oxygen atoms in total. The summed E-state index contributed by atoms with van der Waals surface area (Å²) in [7, 11) is 0. The smallest absolute Gasteiger partial charge is 0.267 e. The number of amides is 1. The molecule has 3 heterocycles. The Bertz CT molecular complexity index is 1410. The number of aryl methyl sites for hydroxylation is 1. The maximum absolute atomic E-state index is 13.7. The van der Waals surface area contributed by atoms with Crippen LogP contribution < -0.4 is 15.8 Å². The second-order valence-corrected chi connectivity index (χ2v) is 8.80. The molecule has 1 aliphatic rings. The molecule has 1 aliphatic heterocycles. The topological polar surface area (TPSA) is 80.1 Å². The zero-order chi connectivity index (χ0) is 23.7. The van der Waals surface area contributed by atoms with Crippen LogP contribution in [-0.4, -0.2) is 33.5 Å². The lowest BCUT2D eigenvalue weighted by molar-refractivity contribution is 0.0940. The Labute approximate surface area is 198 Å². The van der Waals surface area contributed by atoms with E-state index in [1.165, 1.54) is 0 Å². The molecule has 1 fully saturated rings. The van der Waals surface area contributed by atoms with Gasteiger partial charge in [-0.3, -0.25) is 14.6 Å². The lowest BCUT2D eigenvalue weighted by Crippen LogP contribution is -2.30. The molecule has 4 aromatic rings. The molecule has 5 rings (SSSR count). The zero-order valence-corrected chi connectivity index (χ0v) is 19.4. The van der Waals surface area contributed by atoms with Gasteiger partial charge in [-0.2, -0.15) is 0 Å². The summed E-state index contributed by atoms with van der Waals surface area (Å²) in [6.07, 6.45) is 5.57. The second kappa shape index (κ2) is 9.09. The predicted molar refractivity (Wildman–Crippen MR) is 134 cm³/mol. The average molecular weight is 454 g/mol. The summed E-state index contributed by atoms with van der Waals surface area (Å²) in [4.78, 5) is 37.8. The van der Waals surface area contributed by atoms with Crippen molar-refractivity contribution in [3.05, 3.63) is 94.0 Å². The Morgan fingerprint density at radius 3 is 2.62 bits per heavy atom. The van der Waals surface area contributed by atoms with Crippen molar-refractivity contribution in [1.29, 1.82) is 0 Å². The van der Waals surface area contributed by atoms with Crippen LogP contribution in [0, 0.1) is 6.92 Å². The van der Waals surface area contributed by atoms with Crippen molar-refractivity contribution in [2.45, 2.75) is 32.7 Å². The van der Waals surface area contributed by atoms with E-state index >= 15 is 0 Å². The molecule has 7 heteroatoms. The van der Waals surface area contributed by atoms with Crippen molar-refractivity contribution in [2.75, 3.05) is 18.0 Å². The molecule has 0 bridgehead atoms. The van der Waals surface area contributed by atoms with Crippen LogP contribution in [0.2, 0.25) is 0 Å². The average Bonchev–Trinajstić information content (AvgIpc) is 3.39. The minimum Gasteiger partial charge on any atom is -0.345 e. The van der Waals surface area contributed by atoms with Crippen LogP contribution in [0.3, 0.4) is 0 Å². The molecule has 34 heavy (non-hydrogen) atoms. The number of hydrogen-bond donors (Lipinski definition) is 1. The number of nitrogens with zero attached hydrogens (tertiary/aromatic N) is 4. The lowest BCUT2D eigenvalue weighted by Gasteiger charge is -2.22. The molecule has 1 amide bonds. The molecule has 0 aliphatic carbocycles. The van der Waals surface area contributed by atoms with Gasteiger partial charge >= 0.3 is 0 Å². The van der Waals surface area contributed by atoms with Crippen LogP contribution in [-0.2, 0) is 0 Å². The van der Waals surface area contributed by atoms with E-state index in [1.54, 1.807) is 35.2 Å². The Hall–Kier alpha value is -4.00. The molecule has 172 valence electrons. The monoisotopic (exact) mass is 453 g/mol. The maximum Gasteiger partial charge on any atom is 0.267 e. The SMILES string of the molecule is Cc1cccc(-n2c(N3CCCC3)nc3cc(C(=O)N[C@@H](C)c4cccnc4)ccc3c2=O)c1. The fraction of sp³-hybridized carbons (Fsp3) is 0.259. The van der Waals surface area contributed by atoms with Crippen LogP contribution in [0.4, 0.5) is 5.95 Å². The van der Waals surface area contributed by atoms with E-state index in [9.17, 15) is 9.59 Å². The molecule has 1 saturated heterocycles. The summed E-state index contributed by atoms with van der Waals surface area (Å²) in [6, 6.07) is 16.6. The summed E-state index contributed by atoms with van der Waals surface area (Å²) in [6.45, 7) is 5.63. The predicted octanol–water partition coefficient (Wildman–Crippen LogP) is 4.18. The number of anilines is 1. The fourth-order valence-electron chi connectivity index (χ4n) is 4.44. The molecule has 0 spiro atoms. The third-order valence-electron chi connectivity index (χ3n) is 6.29. The number of fused-ring (bicyclic) bond motifs is 1. The van der Waals surface area contributed by atoms with Crippen molar-refractivity contribution in [2.24, 2.45) is 0 Å². The van der Waals surface area contributed by atoms with Crippen molar-refractivity contribution in [1.82, 2.24) is 19.9 Å². The van der Waals surface area contributed by atoms with Gasteiger partial charge < -0.3 is 10.2 Å². The van der Waals surface area contributed by atoms with Crippen LogP contribution in [0.15, 0.2) is 71.8 Å². The molecule has 1 atom stereocenters. The Kier molecular flexibility index (Phi) is 5.84. The van der Waals surface area contributed by atoms with Gasteiger partial charge in [-0.25, -0.2) is 9.55 Å². The number of carbonyl (C=O) groups excluding carboxylic acids is 1. The molecule has 2 aromatic carbocycles. The van der Waals surface area contributed by atoms with Crippen LogP contribution in [0.5, 0.6) is 0 Å². The van der Waals surface area contributed by atoms with Crippen LogP contribution >= 0.6 is 0 Å². The Morgan fingerprint density at radius 1 is 1.06 bits per heavy atom. The number of carbonyl (C=O) groups is 1. The molecular formula is C27H27N5O2. The molecule has 0 unspecified atom stereocenters. The first-order valence-electron chi connectivity index (χ1n) is 11.6. The van der Waals surface area contributed by atoms with Crippen LogP contribution in [0.25, 0.3) is 16.6 Å². The van der Waals surface area contributed by atoms with E-state index in [2.05, 4.69) is 15.2 Å². The van der Waals surface area contributed by atoms with Gasteiger partial charge in [0.15, 0.2) is 0 Å². The van der Waals surface area contributed by atoms with Gasteiger partial charge in [0.2, 0.25) is 5.95 Å². The minimum atomic E-state index is -0.217. The van der Waals surface area contributed by atoms with Gasteiger partial charge in [0.05, 0.1) is 22.6 Å². The van der Waals surface area contributed by atoms with Gasteiger partial charge in [-0.1, -0.05) is 18.2 Å². The molecule has 2 aromatic heterocycles. The fourth-order valence-corrected chi connectivity index (χ4v) is 4.44. The van der Waals surface area contributed by atoms with E-state index in [4.69, 9.17) is 4.98 Å². The quantitative estimate of drug-likeness (QED) is 0.490. The van der Waals surface area contributed by atoms with Crippen LogP contribution in [0.1, 0.15) is 47.3 Å². The number of hydrogen-bond acceptors (Lipinski definition) is 5. The Morgan fingerprint density at radius 2 is 1.88 bits per heavy atom. The normalized spacial score (nSPS) is 14.4. The minimum absolute atomic E-state index is 0.131. The Balaban J connectivity index is 1.57. The number of aromatic nitrogens is 3. The highest BCUT2D eigenvalue weighted by Gasteiger charge is 2.22. The largest absolute Gasteiger partial charge is 0.345 e. The van der Waals surface area contributed by atoms with E-state index in [0.29, 0.717) is 22.4 Å². The second-order valence-electron chi connectivity index (χ2n) is 8.80. The van der Waals surface area contributed by atoms with Gasteiger partial charge in [0.1, 0.15) is 0 Å². The first kappa shape index (κ1) is 21.8. The lowest BCUT2D eigenvalue weighted by atomic mass is 10.1. The highest BCUT2D eigenvalue weighted by molar-refractivity contribution is 5.98. The van der Waals surface area contributed by atoms with Gasteiger partial charge in [-0.05, 0) is 74.2 Å². The highest BCUT2D eigenvalue weighted by atomic mass is 16.1. The van der Waals surface area contributed by atoms with Gasteiger partial charge in [-0.15, -0.1) is 0 Å². The summed E-state index contributed by atoms with van der Waals surface area (Å²) in [5, 5.41) is 3.49. The highest BCUT2D eigenvalue weighted by Crippen LogP contribution is 2.24. The van der Waals surface area contributed by atoms with E-state index in [1.807, 2.05) is 50.2 Å². The van der Waals surface area contributed by atoms with Gasteiger partial charge in [0.25, 0.3) is 11.5 Å². The molecular weight excluding hydrogens is 426 g/mol. The molecule has 0 radical (unpaired) electrons. The van der Waals surface area contributed by atoms with Crippen molar-refractivity contribution < 1.29 is 4.79 Å².